The highest BCUT2D eigenvalue weighted by atomic mass is 16.5. The highest BCUT2D eigenvalue weighted by Gasteiger charge is 2.18. The topological polar surface area (TPSA) is 74.2 Å². The van der Waals surface area contributed by atoms with Crippen LogP contribution >= 0.6 is 0 Å². The summed E-state index contributed by atoms with van der Waals surface area (Å²) in [4.78, 5) is 12.7. The van der Waals surface area contributed by atoms with Crippen LogP contribution in [0.25, 0.3) is 0 Å². The molecule has 0 spiro atoms. The number of aryl methyl sites for hydroxylation is 2. The lowest BCUT2D eigenvalue weighted by Gasteiger charge is -2.21. The van der Waals surface area contributed by atoms with Gasteiger partial charge in [-0.15, -0.1) is 0 Å². The molecule has 1 atom stereocenters. The minimum Gasteiger partial charge on any atom is -0.497 e. The van der Waals surface area contributed by atoms with Gasteiger partial charge in [0, 0.05) is 12.7 Å². The average molecular weight is 404 g/mol. The van der Waals surface area contributed by atoms with Crippen molar-refractivity contribution in [3.63, 3.8) is 0 Å². The third-order valence-electron chi connectivity index (χ3n) is 5.54. The van der Waals surface area contributed by atoms with Crippen LogP contribution in [0.1, 0.15) is 54.5 Å². The van der Waals surface area contributed by atoms with Crippen LogP contribution in [0.3, 0.4) is 0 Å². The van der Waals surface area contributed by atoms with E-state index in [1.807, 2.05) is 37.3 Å². The summed E-state index contributed by atoms with van der Waals surface area (Å²) in [6.07, 6.45) is 6.96. The number of carbonyl (C=O) groups excluding carboxylic acids is 1. The third-order valence-corrected chi connectivity index (χ3v) is 5.54. The Hall–Kier alpha value is -3.26. The van der Waals surface area contributed by atoms with Crippen molar-refractivity contribution in [2.24, 2.45) is 0 Å². The Bertz CT molecular complexity index is 959. The molecule has 0 radical (unpaired) electrons. The first-order valence-corrected chi connectivity index (χ1v) is 10.5. The van der Waals surface area contributed by atoms with E-state index in [2.05, 4.69) is 28.8 Å². The molecular formula is C25H29N3O2. The Balaban J connectivity index is 1.64. The molecule has 30 heavy (non-hydrogen) atoms. The summed E-state index contributed by atoms with van der Waals surface area (Å²) in [6, 6.07) is 16.1. The molecule has 1 unspecified atom stereocenters. The Morgan fingerprint density at radius 1 is 1.20 bits per heavy atom. The van der Waals surface area contributed by atoms with Gasteiger partial charge in [-0.1, -0.05) is 37.3 Å². The predicted molar refractivity (Wildman–Crippen MR) is 118 cm³/mol. The van der Waals surface area contributed by atoms with Gasteiger partial charge in [0.25, 0.3) is 5.91 Å². The van der Waals surface area contributed by atoms with Crippen molar-refractivity contribution in [1.29, 1.82) is 5.26 Å². The standard InChI is InChI=1S/C25H29N3O2/c1-3-24(21-12-11-19-8-4-5-9-20(19)14-21)28-25(29)22(15-26)17-27-16-18-7-6-10-23(13-18)30-2/h6-7,10-14,17,24,27H,3-5,8-9,16H2,1-2H3,(H,28,29)/b22-17-. The number of hydrogen-bond acceptors (Lipinski definition) is 4. The van der Waals surface area contributed by atoms with Crippen molar-refractivity contribution in [2.75, 3.05) is 7.11 Å². The Morgan fingerprint density at radius 3 is 2.73 bits per heavy atom. The summed E-state index contributed by atoms with van der Waals surface area (Å²) < 4.78 is 5.21. The van der Waals surface area contributed by atoms with Gasteiger partial charge in [0.05, 0.1) is 13.2 Å². The monoisotopic (exact) mass is 403 g/mol. The number of nitrogens with one attached hydrogen (secondary N) is 2. The quantitative estimate of drug-likeness (QED) is 0.508. The molecule has 2 N–H and O–H groups in total. The first-order chi connectivity index (χ1) is 14.6. The summed E-state index contributed by atoms with van der Waals surface area (Å²) in [5.74, 6) is 0.410. The summed E-state index contributed by atoms with van der Waals surface area (Å²) in [5.41, 5.74) is 4.99. The molecule has 0 aromatic heterocycles. The number of nitriles is 1. The van der Waals surface area contributed by atoms with Gasteiger partial charge >= 0.3 is 0 Å². The van der Waals surface area contributed by atoms with E-state index in [9.17, 15) is 10.1 Å². The molecule has 0 heterocycles. The second-order valence-corrected chi connectivity index (χ2v) is 7.57. The summed E-state index contributed by atoms with van der Waals surface area (Å²) in [6.45, 7) is 2.54. The van der Waals surface area contributed by atoms with Crippen LogP contribution in [-0.4, -0.2) is 13.0 Å². The van der Waals surface area contributed by atoms with Gasteiger partial charge < -0.3 is 15.4 Å². The van der Waals surface area contributed by atoms with Crippen molar-refractivity contribution in [2.45, 2.75) is 51.6 Å². The number of benzene rings is 2. The summed E-state index contributed by atoms with van der Waals surface area (Å²) in [7, 11) is 1.62. The van der Waals surface area contributed by atoms with Crippen LogP contribution in [0.5, 0.6) is 5.75 Å². The smallest absolute Gasteiger partial charge is 0.263 e. The number of rotatable bonds is 8. The van der Waals surface area contributed by atoms with Crippen molar-refractivity contribution < 1.29 is 9.53 Å². The van der Waals surface area contributed by atoms with Crippen molar-refractivity contribution in [3.05, 3.63) is 76.5 Å². The van der Waals surface area contributed by atoms with Gasteiger partial charge in [0.1, 0.15) is 17.4 Å². The lowest BCUT2D eigenvalue weighted by molar-refractivity contribution is -0.117. The number of nitrogens with zero attached hydrogens (tertiary/aromatic N) is 1. The maximum Gasteiger partial charge on any atom is 0.263 e. The molecule has 0 bridgehead atoms. The van der Waals surface area contributed by atoms with E-state index in [1.54, 1.807) is 7.11 Å². The van der Waals surface area contributed by atoms with E-state index < -0.39 is 0 Å². The first kappa shape index (κ1) is 21.4. The average Bonchev–Trinajstić information content (AvgIpc) is 2.80. The van der Waals surface area contributed by atoms with Crippen LogP contribution in [0.4, 0.5) is 0 Å². The molecule has 5 nitrogen and oxygen atoms in total. The van der Waals surface area contributed by atoms with Crippen molar-refractivity contribution >= 4 is 5.91 Å². The maximum absolute atomic E-state index is 12.7. The second-order valence-electron chi connectivity index (χ2n) is 7.57. The van der Waals surface area contributed by atoms with Crippen molar-refractivity contribution in [1.82, 2.24) is 10.6 Å². The van der Waals surface area contributed by atoms with E-state index in [4.69, 9.17) is 4.74 Å². The molecule has 2 aromatic carbocycles. The fourth-order valence-electron chi connectivity index (χ4n) is 3.83. The zero-order chi connectivity index (χ0) is 21.3. The molecule has 0 saturated heterocycles. The lowest BCUT2D eigenvalue weighted by atomic mass is 9.88. The fraction of sp³-hybridized carbons (Fsp3) is 0.360. The SMILES string of the molecule is CCC(NC(=O)/C(C#N)=C\NCc1cccc(OC)c1)c1ccc2c(c1)CCCC2. The van der Waals surface area contributed by atoms with Gasteiger partial charge in [-0.05, 0) is 66.5 Å². The molecule has 3 rings (SSSR count). The number of carbonyl (C=O) groups is 1. The van der Waals surface area contributed by atoms with E-state index in [-0.39, 0.29) is 17.5 Å². The Kier molecular flexibility index (Phi) is 7.51. The molecular weight excluding hydrogens is 374 g/mol. The van der Waals surface area contributed by atoms with E-state index >= 15 is 0 Å². The van der Waals surface area contributed by atoms with Crippen LogP contribution in [0.15, 0.2) is 54.2 Å². The Morgan fingerprint density at radius 2 is 2.00 bits per heavy atom. The molecule has 1 aliphatic rings. The minimum atomic E-state index is -0.361. The molecule has 0 saturated carbocycles. The van der Waals surface area contributed by atoms with E-state index in [1.165, 1.54) is 30.2 Å². The molecule has 0 fully saturated rings. The number of amides is 1. The van der Waals surface area contributed by atoms with Gasteiger partial charge in [-0.3, -0.25) is 4.79 Å². The van der Waals surface area contributed by atoms with Crippen molar-refractivity contribution in [3.8, 4) is 11.8 Å². The van der Waals surface area contributed by atoms with Crippen LogP contribution in [0.2, 0.25) is 0 Å². The first-order valence-electron chi connectivity index (χ1n) is 10.5. The zero-order valence-corrected chi connectivity index (χ0v) is 17.7. The Labute approximate surface area is 178 Å². The van der Waals surface area contributed by atoms with Crippen LogP contribution < -0.4 is 15.4 Å². The van der Waals surface area contributed by atoms with E-state index in [0.717, 1.165) is 36.1 Å². The number of methoxy groups -OCH3 is 1. The summed E-state index contributed by atoms with van der Waals surface area (Å²) >= 11 is 0. The zero-order valence-electron chi connectivity index (χ0n) is 17.7. The van der Waals surface area contributed by atoms with Crippen LogP contribution in [-0.2, 0) is 24.2 Å². The number of hydrogen-bond donors (Lipinski definition) is 2. The molecule has 5 heteroatoms. The summed E-state index contributed by atoms with van der Waals surface area (Å²) in [5, 5.41) is 15.5. The van der Waals surface area contributed by atoms with Gasteiger partial charge in [-0.2, -0.15) is 5.26 Å². The lowest BCUT2D eigenvalue weighted by Crippen LogP contribution is -2.30. The molecule has 1 amide bonds. The van der Waals surface area contributed by atoms with Gasteiger partial charge in [-0.25, -0.2) is 0 Å². The predicted octanol–water partition coefficient (Wildman–Crippen LogP) is 4.34. The number of fused-ring (bicyclic) bond motifs is 1. The maximum atomic E-state index is 12.7. The largest absolute Gasteiger partial charge is 0.497 e. The molecule has 1 aliphatic carbocycles. The van der Waals surface area contributed by atoms with Crippen LogP contribution in [0, 0.1) is 11.3 Å². The van der Waals surface area contributed by atoms with Gasteiger partial charge in [0.2, 0.25) is 0 Å². The second kappa shape index (κ2) is 10.5. The minimum absolute atomic E-state index is 0.0642. The fourth-order valence-corrected chi connectivity index (χ4v) is 3.83. The number of ether oxygens (including phenoxy) is 1. The van der Waals surface area contributed by atoms with E-state index in [0.29, 0.717) is 6.54 Å². The highest BCUT2D eigenvalue weighted by molar-refractivity contribution is 5.97. The normalized spacial score (nSPS) is 14.2. The third kappa shape index (κ3) is 5.42. The van der Waals surface area contributed by atoms with Gasteiger partial charge in [0.15, 0.2) is 0 Å². The molecule has 156 valence electrons. The highest BCUT2D eigenvalue weighted by Crippen LogP contribution is 2.26. The molecule has 2 aromatic rings. The molecule has 0 aliphatic heterocycles.